The number of aromatic nitrogens is 1. The molecule has 94 valence electrons. The van der Waals surface area contributed by atoms with Crippen LogP contribution in [-0.4, -0.2) is 15.9 Å². The van der Waals surface area contributed by atoms with Gasteiger partial charge in [-0.2, -0.15) is 0 Å². The van der Waals surface area contributed by atoms with Gasteiger partial charge in [-0.3, -0.25) is 0 Å². The summed E-state index contributed by atoms with van der Waals surface area (Å²) in [6, 6.07) is 18.2. The second-order valence-electron chi connectivity index (χ2n) is 4.47. The highest BCUT2D eigenvalue weighted by Crippen LogP contribution is 2.32. The largest absolute Gasteiger partial charge is 0.411 e. The predicted molar refractivity (Wildman–Crippen MR) is 77.7 cm³/mol. The number of benzene rings is 2. The third kappa shape index (κ3) is 1.89. The Kier molecular flexibility index (Phi) is 2.80. The van der Waals surface area contributed by atoms with E-state index in [9.17, 15) is 0 Å². The van der Waals surface area contributed by atoms with Crippen LogP contribution in [0.2, 0.25) is 0 Å². The third-order valence-corrected chi connectivity index (χ3v) is 3.28. The number of nitrogens with one attached hydrogen (secondary N) is 1. The van der Waals surface area contributed by atoms with Crippen LogP contribution < -0.4 is 0 Å². The lowest BCUT2D eigenvalue weighted by atomic mass is 10.0. The number of nitrogens with zero attached hydrogens (tertiary/aromatic N) is 1. The molecule has 3 nitrogen and oxygen atoms in total. The highest BCUT2D eigenvalue weighted by Gasteiger charge is 2.15. The maximum absolute atomic E-state index is 9.05. The fourth-order valence-corrected chi connectivity index (χ4v) is 2.37. The predicted octanol–water partition coefficient (Wildman–Crippen LogP) is 4.03. The molecule has 0 unspecified atom stereocenters. The minimum atomic E-state index is 0.579. The van der Waals surface area contributed by atoms with Crippen molar-refractivity contribution >= 4 is 16.6 Å². The summed E-state index contributed by atoms with van der Waals surface area (Å²) < 4.78 is 0. The first-order valence-corrected chi connectivity index (χ1v) is 6.16. The molecule has 0 spiro atoms. The summed E-state index contributed by atoms with van der Waals surface area (Å²) in [4.78, 5) is 3.32. The molecular weight excluding hydrogens is 236 g/mol. The van der Waals surface area contributed by atoms with E-state index in [4.69, 9.17) is 5.21 Å². The smallest absolute Gasteiger partial charge is 0.100 e. The lowest BCUT2D eigenvalue weighted by molar-refractivity contribution is 0.319. The Morgan fingerprint density at radius 2 is 1.68 bits per heavy atom. The molecule has 3 heteroatoms. The van der Waals surface area contributed by atoms with Gasteiger partial charge in [0.2, 0.25) is 0 Å². The van der Waals surface area contributed by atoms with Gasteiger partial charge in [0.25, 0.3) is 0 Å². The van der Waals surface area contributed by atoms with E-state index in [1.165, 1.54) is 0 Å². The molecule has 0 saturated heterocycles. The fraction of sp³-hybridized carbons (Fsp3) is 0.0625. The van der Waals surface area contributed by atoms with Gasteiger partial charge < -0.3 is 10.2 Å². The second-order valence-corrected chi connectivity index (χ2v) is 4.47. The van der Waals surface area contributed by atoms with Crippen LogP contribution >= 0.6 is 0 Å². The van der Waals surface area contributed by atoms with Gasteiger partial charge in [-0.15, -0.1) is 0 Å². The van der Waals surface area contributed by atoms with Crippen LogP contribution in [0.25, 0.3) is 22.0 Å². The highest BCUT2D eigenvalue weighted by atomic mass is 16.4. The van der Waals surface area contributed by atoms with Crippen molar-refractivity contribution in [3.8, 4) is 11.1 Å². The summed E-state index contributed by atoms with van der Waals surface area (Å²) in [5.74, 6) is 0. The molecule has 0 bridgehead atoms. The molecule has 1 heterocycles. The van der Waals surface area contributed by atoms with E-state index in [0.29, 0.717) is 5.71 Å². The zero-order valence-electron chi connectivity index (χ0n) is 10.6. The Hall–Kier alpha value is -2.55. The van der Waals surface area contributed by atoms with Gasteiger partial charge in [-0.05, 0) is 18.6 Å². The van der Waals surface area contributed by atoms with Crippen LogP contribution in [0.15, 0.2) is 59.8 Å². The molecule has 2 aromatic carbocycles. The molecule has 2 N–H and O–H groups in total. The van der Waals surface area contributed by atoms with E-state index >= 15 is 0 Å². The maximum Gasteiger partial charge on any atom is 0.100 e. The first-order chi connectivity index (χ1) is 9.31. The molecule has 0 amide bonds. The topological polar surface area (TPSA) is 48.4 Å². The van der Waals surface area contributed by atoms with Crippen molar-refractivity contribution in [3.63, 3.8) is 0 Å². The summed E-state index contributed by atoms with van der Waals surface area (Å²) >= 11 is 0. The monoisotopic (exact) mass is 250 g/mol. The van der Waals surface area contributed by atoms with E-state index in [0.717, 1.165) is 27.7 Å². The Balaban J connectivity index is 2.37. The molecule has 0 atom stereocenters. The molecule has 1 aromatic heterocycles. The fourth-order valence-electron chi connectivity index (χ4n) is 2.37. The number of para-hydroxylation sites is 1. The van der Waals surface area contributed by atoms with Crippen molar-refractivity contribution in [3.05, 3.63) is 60.3 Å². The Labute approximate surface area is 111 Å². The van der Waals surface area contributed by atoms with Crippen LogP contribution in [-0.2, 0) is 0 Å². The van der Waals surface area contributed by atoms with Gasteiger partial charge in [0.05, 0.1) is 5.69 Å². The van der Waals surface area contributed by atoms with Gasteiger partial charge in [0, 0.05) is 16.5 Å². The quantitative estimate of drug-likeness (QED) is 0.402. The van der Waals surface area contributed by atoms with Crippen LogP contribution in [0.3, 0.4) is 0 Å². The first-order valence-electron chi connectivity index (χ1n) is 6.16. The van der Waals surface area contributed by atoms with Crippen LogP contribution in [0.4, 0.5) is 0 Å². The van der Waals surface area contributed by atoms with Gasteiger partial charge >= 0.3 is 0 Å². The van der Waals surface area contributed by atoms with Crippen molar-refractivity contribution in [1.29, 1.82) is 0 Å². The number of H-pyrrole nitrogens is 1. The van der Waals surface area contributed by atoms with E-state index in [1.807, 2.05) is 36.4 Å². The van der Waals surface area contributed by atoms with E-state index in [1.54, 1.807) is 6.92 Å². The summed E-state index contributed by atoms with van der Waals surface area (Å²) in [6.45, 7) is 1.79. The van der Waals surface area contributed by atoms with Gasteiger partial charge in [0.1, 0.15) is 5.71 Å². The molecule has 3 rings (SSSR count). The average Bonchev–Trinajstić information content (AvgIpc) is 2.86. The first kappa shape index (κ1) is 11.5. The van der Waals surface area contributed by atoms with Gasteiger partial charge in [0.15, 0.2) is 0 Å². The molecule has 0 aliphatic rings. The molecule has 0 fully saturated rings. The Morgan fingerprint density at radius 3 is 2.42 bits per heavy atom. The summed E-state index contributed by atoms with van der Waals surface area (Å²) in [7, 11) is 0. The minimum Gasteiger partial charge on any atom is -0.411 e. The molecule has 19 heavy (non-hydrogen) atoms. The van der Waals surface area contributed by atoms with E-state index in [-0.39, 0.29) is 0 Å². The number of rotatable bonds is 2. The van der Waals surface area contributed by atoms with Crippen molar-refractivity contribution in [2.24, 2.45) is 5.16 Å². The van der Waals surface area contributed by atoms with Crippen molar-refractivity contribution in [2.45, 2.75) is 6.92 Å². The molecule has 3 aromatic rings. The molecule has 0 aliphatic heterocycles. The lowest BCUT2D eigenvalue weighted by Crippen LogP contribution is -1.97. The SMILES string of the molecule is C/C(=N\O)c1[nH]c2ccccc2c1-c1ccccc1. The van der Waals surface area contributed by atoms with E-state index < -0.39 is 0 Å². The van der Waals surface area contributed by atoms with Crippen LogP contribution in [0.1, 0.15) is 12.6 Å². The number of hydrogen-bond donors (Lipinski definition) is 2. The number of oxime groups is 1. The minimum absolute atomic E-state index is 0.579. The standard InChI is InChI=1S/C16H14N2O/c1-11(18-19)16-15(12-7-3-2-4-8-12)13-9-5-6-10-14(13)17-16/h2-10,17,19H,1H3/b18-11+. The van der Waals surface area contributed by atoms with Crippen LogP contribution in [0, 0.1) is 0 Å². The van der Waals surface area contributed by atoms with Crippen molar-refractivity contribution in [2.75, 3.05) is 0 Å². The van der Waals surface area contributed by atoms with Crippen LogP contribution in [0.5, 0.6) is 0 Å². The molecule has 0 aliphatic carbocycles. The Bertz CT molecular complexity index is 742. The van der Waals surface area contributed by atoms with Crippen molar-refractivity contribution in [1.82, 2.24) is 4.98 Å². The third-order valence-electron chi connectivity index (χ3n) is 3.28. The lowest BCUT2D eigenvalue weighted by Gasteiger charge is -2.03. The molecule has 0 radical (unpaired) electrons. The van der Waals surface area contributed by atoms with Crippen molar-refractivity contribution < 1.29 is 5.21 Å². The second kappa shape index (κ2) is 4.61. The zero-order chi connectivity index (χ0) is 13.2. The summed E-state index contributed by atoms with van der Waals surface area (Å²) in [5.41, 5.74) is 4.66. The number of aromatic amines is 1. The average molecular weight is 250 g/mol. The normalized spacial score (nSPS) is 11.9. The zero-order valence-corrected chi connectivity index (χ0v) is 10.6. The molecular formula is C16H14N2O. The van der Waals surface area contributed by atoms with Gasteiger partial charge in [-0.1, -0.05) is 53.7 Å². The molecule has 0 saturated carbocycles. The number of fused-ring (bicyclic) bond motifs is 1. The highest BCUT2D eigenvalue weighted by molar-refractivity contribution is 6.11. The van der Waals surface area contributed by atoms with Gasteiger partial charge in [-0.25, -0.2) is 0 Å². The van der Waals surface area contributed by atoms with E-state index in [2.05, 4.69) is 28.3 Å². The number of hydrogen-bond acceptors (Lipinski definition) is 2. The maximum atomic E-state index is 9.05. The Morgan fingerprint density at radius 1 is 1.00 bits per heavy atom. The summed E-state index contributed by atoms with van der Waals surface area (Å²) in [6.07, 6.45) is 0. The summed E-state index contributed by atoms with van der Waals surface area (Å²) in [5, 5.41) is 13.5.